The number of hydrogen-bond donors (Lipinski definition) is 0. The molecule has 1 aliphatic heterocycles. The molecule has 0 N–H and O–H groups in total. The monoisotopic (exact) mass is 350 g/mol. The van der Waals surface area contributed by atoms with E-state index in [-0.39, 0.29) is 11.9 Å². The van der Waals surface area contributed by atoms with Crippen molar-refractivity contribution in [3.05, 3.63) is 48.2 Å². The Bertz CT molecular complexity index is 785. The van der Waals surface area contributed by atoms with E-state index in [1.54, 1.807) is 9.80 Å². The smallest absolute Gasteiger partial charge is 0.312 e. The van der Waals surface area contributed by atoms with Crippen LogP contribution in [-0.4, -0.2) is 50.9 Å². The van der Waals surface area contributed by atoms with Crippen LogP contribution in [0.5, 0.6) is 0 Å². The Morgan fingerprint density at radius 3 is 2.35 bits per heavy atom. The molecular formula is C20H22N4O2. The van der Waals surface area contributed by atoms with Crippen LogP contribution in [0.1, 0.15) is 31.4 Å². The molecule has 134 valence electrons. The molecule has 1 saturated carbocycles. The van der Waals surface area contributed by atoms with Crippen LogP contribution in [0, 0.1) is 0 Å². The summed E-state index contributed by atoms with van der Waals surface area (Å²) in [6.45, 7) is 1.50. The molecule has 2 heterocycles. The van der Waals surface area contributed by atoms with Gasteiger partial charge in [-0.3, -0.25) is 9.59 Å². The van der Waals surface area contributed by atoms with Crippen LogP contribution in [0.15, 0.2) is 42.5 Å². The highest BCUT2D eigenvalue weighted by molar-refractivity contribution is 6.35. The first-order valence-electron chi connectivity index (χ1n) is 9.20. The second-order valence-corrected chi connectivity index (χ2v) is 6.94. The molecule has 2 amide bonds. The Labute approximate surface area is 152 Å². The standard InChI is InChI=1S/C20H22N4O2/c25-19-20(26)24(17-8-4-5-9-17)13-12-23(19)14-16-10-11-18(22-21-16)15-6-2-1-3-7-15/h1-3,6-7,10-11,17H,4-5,8-9,12-14H2. The zero-order valence-corrected chi connectivity index (χ0v) is 14.7. The molecule has 0 atom stereocenters. The van der Waals surface area contributed by atoms with E-state index in [1.165, 1.54) is 0 Å². The van der Waals surface area contributed by atoms with Gasteiger partial charge in [-0.25, -0.2) is 0 Å². The lowest BCUT2D eigenvalue weighted by Crippen LogP contribution is -2.56. The predicted molar refractivity (Wildman–Crippen MR) is 96.9 cm³/mol. The fourth-order valence-corrected chi connectivity index (χ4v) is 3.81. The van der Waals surface area contributed by atoms with Crippen molar-refractivity contribution in [2.24, 2.45) is 0 Å². The van der Waals surface area contributed by atoms with Crippen LogP contribution in [0.2, 0.25) is 0 Å². The third kappa shape index (κ3) is 3.31. The number of piperazine rings is 1. The van der Waals surface area contributed by atoms with Gasteiger partial charge in [-0.15, -0.1) is 0 Å². The SMILES string of the molecule is O=C1C(=O)N(C2CCCC2)CCN1Cc1ccc(-c2ccccc2)nn1. The lowest BCUT2D eigenvalue weighted by atomic mass is 10.1. The molecule has 1 aromatic carbocycles. The van der Waals surface area contributed by atoms with Crippen LogP contribution in [-0.2, 0) is 16.1 Å². The van der Waals surface area contributed by atoms with Crippen molar-refractivity contribution in [3.63, 3.8) is 0 Å². The largest absolute Gasteiger partial charge is 0.330 e. The first-order valence-corrected chi connectivity index (χ1v) is 9.20. The van der Waals surface area contributed by atoms with E-state index in [0.29, 0.717) is 25.3 Å². The van der Waals surface area contributed by atoms with Crippen molar-refractivity contribution in [1.29, 1.82) is 0 Å². The van der Waals surface area contributed by atoms with Gasteiger partial charge in [-0.05, 0) is 25.0 Å². The molecule has 0 spiro atoms. The minimum absolute atomic E-state index is 0.249. The van der Waals surface area contributed by atoms with Crippen LogP contribution in [0.3, 0.4) is 0 Å². The molecule has 0 bridgehead atoms. The quantitative estimate of drug-likeness (QED) is 0.794. The molecule has 2 aliphatic rings. The molecule has 1 saturated heterocycles. The summed E-state index contributed by atoms with van der Waals surface area (Å²) in [6.07, 6.45) is 4.34. The molecule has 4 rings (SSSR count). The normalized spacial score (nSPS) is 18.6. The lowest BCUT2D eigenvalue weighted by Gasteiger charge is -2.36. The van der Waals surface area contributed by atoms with Gasteiger partial charge in [0.2, 0.25) is 0 Å². The molecule has 1 aliphatic carbocycles. The van der Waals surface area contributed by atoms with Crippen molar-refractivity contribution in [2.45, 2.75) is 38.3 Å². The Hall–Kier alpha value is -2.76. The molecule has 0 radical (unpaired) electrons. The van der Waals surface area contributed by atoms with Crippen LogP contribution < -0.4 is 0 Å². The van der Waals surface area contributed by atoms with Gasteiger partial charge in [-0.2, -0.15) is 10.2 Å². The van der Waals surface area contributed by atoms with Crippen molar-refractivity contribution in [2.75, 3.05) is 13.1 Å². The molecular weight excluding hydrogens is 328 g/mol. The summed E-state index contributed by atoms with van der Waals surface area (Å²) in [4.78, 5) is 28.3. The Balaban J connectivity index is 1.41. The molecule has 26 heavy (non-hydrogen) atoms. The van der Waals surface area contributed by atoms with Gasteiger partial charge >= 0.3 is 11.8 Å². The van der Waals surface area contributed by atoms with E-state index in [1.807, 2.05) is 42.5 Å². The van der Waals surface area contributed by atoms with Crippen LogP contribution in [0.25, 0.3) is 11.3 Å². The van der Waals surface area contributed by atoms with Gasteiger partial charge in [0.1, 0.15) is 0 Å². The van der Waals surface area contributed by atoms with Gasteiger partial charge in [0.05, 0.1) is 17.9 Å². The van der Waals surface area contributed by atoms with Crippen molar-refractivity contribution in [3.8, 4) is 11.3 Å². The molecule has 6 nitrogen and oxygen atoms in total. The van der Waals surface area contributed by atoms with E-state index in [9.17, 15) is 9.59 Å². The van der Waals surface area contributed by atoms with E-state index >= 15 is 0 Å². The molecule has 1 aromatic heterocycles. The highest BCUT2D eigenvalue weighted by Gasteiger charge is 2.37. The maximum absolute atomic E-state index is 12.5. The maximum atomic E-state index is 12.5. The second kappa shape index (κ2) is 7.23. The minimum atomic E-state index is -0.419. The number of carbonyl (C=O) groups is 2. The first-order chi connectivity index (χ1) is 12.7. The summed E-state index contributed by atoms with van der Waals surface area (Å²) in [5, 5.41) is 8.49. The summed E-state index contributed by atoms with van der Waals surface area (Å²) in [6, 6.07) is 13.9. The van der Waals surface area contributed by atoms with Gasteiger partial charge < -0.3 is 9.80 Å². The number of rotatable bonds is 4. The van der Waals surface area contributed by atoms with Crippen molar-refractivity contribution in [1.82, 2.24) is 20.0 Å². The number of hydrogen-bond acceptors (Lipinski definition) is 4. The van der Waals surface area contributed by atoms with Crippen LogP contribution >= 0.6 is 0 Å². The van der Waals surface area contributed by atoms with Gasteiger partial charge in [0, 0.05) is 24.7 Å². The summed E-state index contributed by atoms with van der Waals surface area (Å²) >= 11 is 0. The predicted octanol–water partition coefficient (Wildman–Crippen LogP) is 2.26. The number of aromatic nitrogens is 2. The van der Waals surface area contributed by atoms with Gasteiger partial charge in [0.25, 0.3) is 0 Å². The maximum Gasteiger partial charge on any atom is 0.312 e. The fourth-order valence-electron chi connectivity index (χ4n) is 3.81. The number of carbonyl (C=O) groups excluding carboxylic acids is 2. The fraction of sp³-hybridized carbons (Fsp3) is 0.400. The summed E-state index contributed by atoms with van der Waals surface area (Å²) < 4.78 is 0. The van der Waals surface area contributed by atoms with E-state index in [4.69, 9.17) is 0 Å². The third-order valence-corrected chi connectivity index (χ3v) is 5.25. The number of amides is 2. The van der Waals surface area contributed by atoms with E-state index in [2.05, 4.69) is 10.2 Å². The molecule has 0 unspecified atom stereocenters. The van der Waals surface area contributed by atoms with Crippen molar-refractivity contribution >= 4 is 11.8 Å². The molecule has 2 fully saturated rings. The Kier molecular flexibility index (Phi) is 4.65. The third-order valence-electron chi connectivity index (χ3n) is 5.25. The van der Waals surface area contributed by atoms with Crippen LogP contribution in [0.4, 0.5) is 0 Å². The molecule has 6 heteroatoms. The lowest BCUT2D eigenvalue weighted by molar-refractivity contribution is -0.158. The van der Waals surface area contributed by atoms with E-state index < -0.39 is 5.91 Å². The van der Waals surface area contributed by atoms with Crippen molar-refractivity contribution < 1.29 is 9.59 Å². The molecule has 2 aromatic rings. The first kappa shape index (κ1) is 16.7. The number of benzene rings is 1. The highest BCUT2D eigenvalue weighted by Crippen LogP contribution is 2.25. The van der Waals surface area contributed by atoms with E-state index in [0.717, 1.165) is 36.9 Å². The second-order valence-electron chi connectivity index (χ2n) is 6.94. The zero-order chi connectivity index (χ0) is 17.9. The van der Waals surface area contributed by atoms with Gasteiger partial charge in [0.15, 0.2) is 0 Å². The average molecular weight is 350 g/mol. The summed E-state index contributed by atoms with van der Waals surface area (Å²) in [5.41, 5.74) is 2.49. The average Bonchev–Trinajstić information content (AvgIpc) is 3.21. The Morgan fingerprint density at radius 2 is 1.65 bits per heavy atom. The highest BCUT2D eigenvalue weighted by atomic mass is 16.2. The summed E-state index contributed by atoms with van der Waals surface area (Å²) in [5.74, 6) is -0.783. The number of nitrogens with zero attached hydrogens (tertiary/aromatic N) is 4. The zero-order valence-electron chi connectivity index (χ0n) is 14.7. The Morgan fingerprint density at radius 1 is 0.885 bits per heavy atom. The summed E-state index contributed by atoms with van der Waals surface area (Å²) in [7, 11) is 0. The van der Waals surface area contributed by atoms with Gasteiger partial charge in [-0.1, -0.05) is 43.2 Å². The minimum Gasteiger partial charge on any atom is -0.330 e. The topological polar surface area (TPSA) is 66.4 Å².